The Morgan fingerprint density at radius 2 is 1.95 bits per heavy atom. The molecule has 0 fully saturated rings. The zero-order valence-corrected chi connectivity index (χ0v) is 13.3. The molecule has 0 bridgehead atoms. The van der Waals surface area contributed by atoms with Gasteiger partial charge in [0.2, 0.25) is 0 Å². The molecule has 0 heterocycles. The molecule has 7 nitrogen and oxygen atoms in total. The van der Waals surface area contributed by atoms with Crippen molar-refractivity contribution in [1.29, 1.82) is 5.26 Å². The molecule has 22 heavy (non-hydrogen) atoms. The number of rotatable bonds is 10. The second-order valence-electron chi connectivity index (χ2n) is 4.56. The third-order valence-electron chi connectivity index (χ3n) is 2.84. The second-order valence-corrected chi connectivity index (χ2v) is 6.67. The van der Waals surface area contributed by atoms with Crippen LogP contribution in [0.25, 0.3) is 0 Å². The highest BCUT2D eigenvalue weighted by molar-refractivity contribution is 7.54. The van der Waals surface area contributed by atoms with Crippen molar-refractivity contribution in [2.45, 2.75) is 32.6 Å². The number of non-ortho nitro benzene ring substituents is 1. The fourth-order valence-electron chi connectivity index (χ4n) is 1.81. The Kier molecular flexibility index (Phi) is 7.58. The first-order valence-electron chi connectivity index (χ1n) is 7.05. The van der Waals surface area contributed by atoms with Gasteiger partial charge in [-0.05, 0) is 31.9 Å². The Balaban J connectivity index is 2.63. The van der Waals surface area contributed by atoms with Gasteiger partial charge in [0.05, 0.1) is 23.8 Å². The monoisotopic (exact) mass is 326 g/mol. The van der Waals surface area contributed by atoms with Crippen molar-refractivity contribution in [3.63, 3.8) is 0 Å². The third-order valence-corrected chi connectivity index (χ3v) is 4.84. The van der Waals surface area contributed by atoms with E-state index in [1.165, 1.54) is 24.3 Å². The van der Waals surface area contributed by atoms with Crippen LogP contribution < -0.4 is 4.52 Å². The van der Waals surface area contributed by atoms with Crippen molar-refractivity contribution in [1.82, 2.24) is 0 Å². The Hall–Kier alpha value is -1.90. The van der Waals surface area contributed by atoms with Crippen molar-refractivity contribution >= 4 is 13.3 Å². The van der Waals surface area contributed by atoms with E-state index in [4.69, 9.17) is 14.3 Å². The maximum atomic E-state index is 12.6. The van der Waals surface area contributed by atoms with Gasteiger partial charge in [-0.25, -0.2) is 4.57 Å². The quantitative estimate of drug-likeness (QED) is 0.275. The van der Waals surface area contributed by atoms with Crippen LogP contribution in [0, 0.1) is 21.4 Å². The fraction of sp³-hybridized carbons (Fsp3) is 0.500. The Bertz CT molecular complexity index is 568. The number of hydrogen-bond donors (Lipinski definition) is 0. The van der Waals surface area contributed by atoms with Gasteiger partial charge in [-0.1, -0.05) is 6.42 Å². The van der Waals surface area contributed by atoms with Gasteiger partial charge in [-0.3, -0.25) is 10.1 Å². The Morgan fingerprint density at radius 3 is 2.50 bits per heavy atom. The summed E-state index contributed by atoms with van der Waals surface area (Å²) in [5.74, 6) is 0.277. The second kappa shape index (κ2) is 9.19. The van der Waals surface area contributed by atoms with Crippen LogP contribution in [0.2, 0.25) is 0 Å². The van der Waals surface area contributed by atoms with Gasteiger partial charge in [0.1, 0.15) is 5.75 Å². The highest BCUT2D eigenvalue weighted by atomic mass is 31.2. The SMILES string of the molecule is CCO[P@](=O)(CCCCCC#N)Oc1ccc([N+](=O)[O-])cc1. The minimum absolute atomic E-state index is 0.0601. The van der Waals surface area contributed by atoms with Crippen LogP contribution in [0.15, 0.2) is 24.3 Å². The minimum Gasteiger partial charge on any atom is -0.424 e. The molecule has 0 spiro atoms. The molecule has 0 unspecified atom stereocenters. The highest BCUT2D eigenvalue weighted by Crippen LogP contribution is 2.49. The maximum absolute atomic E-state index is 12.6. The topological polar surface area (TPSA) is 102 Å². The van der Waals surface area contributed by atoms with E-state index in [2.05, 4.69) is 6.07 Å². The first-order chi connectivity index (χ1) is 10.5. The predicted octanol–water partition coefficient (Wildman–Crippen LogP) is 4.29. The molecule has 0 amide bonds. The summed E-state index contributed by atoms with van der Waals surface area (Å²) >= 11 is 0. The zero-order valence-electron chi connectivity index (χ0n) is 12.4. The largest absolute Gasteiger partial charge is 0.424 e. The summed E-state index contributed by atoms with van der Waals surface area (Å²) in [6.07, 6.45) is 2.88. The molecule has 0 radical (unpaired) electrons. The Morgan fingerprint density at radius 1 is 1.27 bits per heavy atom. The molecule has 0 aromatic heterocycles. The zero-order chi connectivity index (χ0) is 16.4. The molecule has 0 aliphatic rings. The molecule has 1 aromatic carbocycles. The van der Waals surface area contributed by atoms with E-state index in [9.17, 15) is 14.7 Å². The van der Waals surface area contributed by atoms with Crippen molar-refractivity contribution in [2.24, 2.45) is 0 Å². The van der Waals surface area contributed by atoms with E-state index in [0.29, 0.717) is 12.8 Å². The first kappa shape index (κ1) is 18.1. The van der Waals surface area contributed by atoms with Crippen molar-refractivity contribution < 1.29 is 18.5 Å². The number of nitro benzene ring substituents is 1. The predicted molar refractivity (Wildman–Crippen MR) is 81.9 cm³/mol. The van der Waals surface area contributed by atoms with Gasteiger partial charge in [-0.2, -0.15) is 5.26 Å². The standard InChI is InChI=1S/C14H19N2O5P/c1-2-20-22(19,12-6-4-3-5-11-15)21-14-9-7-13(8-10-14)16(17)18/h7-10H,2-6,12H2,1H3/t22-/m1/s1. The summed E-state index contributed by atoms with van der Waals surface area (Å²) in [4.78, 5) is 10.1. The molecule has 1 atom stereocenters. The lowest BCUT2D eigenvalue weighted by Gasteiger charge is -2.18. The summed E-state index contributed by atoms with van der Waals surface area (Å²) in [5.41, 5.74) is -0.0601. The lowest BCUT2D eigenvalue weighted by Crippen LogP contribution is -2.03. The average Bonchev–Trinajstić information content (AvgIpc) is 2.48. The lowest BCUT2D eigenvalue weighted by atomic mass is 10.2. The number of nitriles is 1. The van der Waals surface area contributed by atoms with Crippen LogP contribution >= 0.6 is 7.60 Å². The molecule has 8 heteroatoms. The van der Waals surface area contributed by atoms with Gasteiger partial charge in [0.15, 0.2) is 0 Å². The summed E-state index contributed by atoms with van der Waals surface area (Å²) in [6, 6.07) is 7.44. The number of hydrogen-bond acceptors (Lipinski definition) is 6. The van der Waals surface area contributed by atoms with Gasteiger partial charge in [-0.15, -0.1) is 0 Å². The first-order valence-corrected chi connectivity index (χ1v) is 8.78. The van der Waals surface area contributed by atoms with Crippen LogP contribution in [-0.4, -0.2) is 17.7 Å². The highest BCUT2D eigenvalue weighted by Gasteiger charge is 2.25. The third kappa shape index (κ3) is 6.25. The van der Waals surface area contributed by atoms with Crippen LogP contribution in [0.5, 0.6) is 5.75 Å². The van der Waals surface area contributed by atoms with Crippen molar-refractivity contribution in [2.75, 3.05) is 12.8 Å². The van der Waals surface area contributed by atoms with Crippen molar-refractivity contribution in [3.8, 4) is 11.8 Å². The molecule has 1 rings (SSSR count). The van der Waals surface area contributed by atoms with Crippen molar-refractivity contribution in [3.05, 3.63) is 34.4 Å². The Labute approximate surface area is 129 Å². The summed E-state index contributed by atoms with van der Waals surface area (Å²) in [5, 5.41) is 19.1. The molecule has 0 saturated carbocycles. The van der Waals surface area contributed by atoms with E-state index in [1.54, 1.807) is 6.92 Å². The minimum atomic E-state index is -3.28. The molecule has 120 valence electrons. The van der Waals surface area contributed by atoms with Crippen LogP contribution in [0.4, 0.5) is 5.69 Å². The van der Waals surface area contributed by atoms with E-state index >= 15 is 0 Å². The van der Waals surface area contributed by atoms with Gasteiger partial charge in [0, 0.05) is 18.6 Å². The molecule has 0 saturated heterocycles. The molecule has 0 aliphatic carbocycles. The van der Waals surface area contributed by atoms with Gasteiger partial charge < -0.3 is 9.05 Å². The number of nitrogens with zero attached hydrogens (tertiary/aromatic N) is 2. The van der Waals surface area contributed by atoms with Crippen LogP contribution in [-0.2, 0) is 9.09 Å². The summed E-state index contributed by atoms with van der Waals surface area (Å²) in [6.45, 7) is 1.98. The van der Waals surface area contributed by atoms with E-state index in [-0.39, 0.29) is 24.2 Å². The van der Waals surface area contributed by atoms with E-state index < -0.39 is 12.5 Å². The van der Waals surface area contributed by atoms with Gasteiger partial charge >= 0.3 is 7.60 Å². The molecule has 1 aromatic rings. The van der Waals surface area contributed by atoms with E-state index in [0.717, 1.165) is 12.8 Å². The number of unbranched alkanes of at least 4 members (excludes halogenated alkanes) is 3. The average molecular weight is 326 g/mol. The fourth-order valence-corrected chi connectivity index (χ4v) is 3.53. The molecular formula is C14H19N2O5P. The van der Waals surface area contributed by atoms with Crippen LogP contribution in [0.1, 0.15) is 32.6 Å². The number of nitro groups is 1. The molecule has 0 aliphatic heterocycles. The maximum Gasteiger partial charge on any atom is 0.379 e. The number of benzene rings is 1. The summed E-state index contributed by atoms with van der Waals surface area (Å²) in [7, 11) is -3.28. The lowest BCUT2D eigenvalue weighted by molar-refractivity contribution is -0.384. The molecule has 0 N–H and O–H groups in total. The normalized spacial score (nSPS) is 13.1. The molecular weight excluding hydrogens is 307 g/mol. The smallest absolute Gasteiger partial charge is 0.379 e. The van der Waals surface area contributed by atoms with Crippen LogP contribution in [0.3, 0.4) is 0 Å². The van der Waals surface area contributed by atoms with Gasteiger partial charge in [0.25, 0.3) is 5.69 Å². The van der Waals surface area contributed by atoms with E-state index in [1.807, 2.05) is 0 Å². The summed E-state index contributed by atoms with van der Waals surface area (Å²) < 4.78 is 23.3.